The van der Waals surface area contributed by atoms with Crippen molar-refractivity contribution in [1.29, 1.82) is 0 Å². The zero-order valence-electron chi connectivity index (χ0n) is 24.1. The Morgan fingerprint density at radius 3 is 2.67 bits per heavy atom. The first-order chi connectivity index (χ1) is 19.3. The molecule has 3 aromatic rings. The van der Waals surface area contributed by atoms with E-state index in [0.717, 1.165) is 101 Å². The summed E-state index contributed by atoms with van der Waals surface area (Å²) < 4.78 is 17.1. The van der Waals surface area contributed by atoms with E-state index in [1.807, 2.05) is 11.5 Å². The lowest BCUT2D eigenvalue weighted by atomic mass is 9.78. The van der Waals surface area contributed by atoms with Gasteiger partial charge in [0, 0.05) is 40.1 Å². The van der Waals surface area contributed by atoms with E-state index in [1.54, 1.807) is 6.07 Å². The molecule has 2 aromatic heterocycles. The second-order valence-electron chi connectivity index (χ2n) is 12.7. The SMILES string of the molecule is C=C1CCc2c(cc3n(c2=O)Cc2c-3nc3cc(F)c(C)c4c3c2C(NC(=C)C(CCC)C2CC2)CC4)C1CC. The van der Waals surface area contributed by atoms with E-state index >= 15 is 4.39 Å². The predicted molar refractivity (Wildman–Crippen MR) is 160 cm³/mol. The predicted octanol–water partition coefficient (Wildman–Crippen LogP) is 7.79. The third-order valence-electron chi connectivity index (χ3n) is 10.3. The van der Waals surface area contributed by atoms with Crippen molar-refractivity contribution in [3.8, 4) is 11.4 Å². The summed E-state index contributed by atoms with van der Waals surface area (Å²) >= 11 is 0. The topological polar surface area (TPSA) is 46.9 Å². The van der Waals surface area contributed by atoms with Gasteiger partial charge in [-0.3, -0.25) is 4.79 Å². The third kappa shape index (κ3) is 3.76. The first-order valence-corrected chi connectivity index (χ1v) is 15.4. The van der Waals surface area contributed by atoms with Crippen molar-refractivity contribution in [2.24, 2.45) is 11.8 Å². The van der Waals surface area contributed by atoms with E-state index in [4.69, 9.17) is 4.98 Å². The van der Waals surface area contributed by atoms with Crippen LogP contribution in [0.2, 0.25) is 0 Å². The maximum Gasteiger partial charge on any atom is 0.254 e. The monoisotopic (exact) mass is 537 g/mol. The maximum atomic E-state index is 15.2. The van der Waals surface area contributed by atoms with Gasteiger partial charge in [-0.1, -0.05) is 39.0 Å². The van der Waals surface area contributed by atoms with Crippen LogP contribution in [-0.2, 0) is 19.4 Å². The largest absolute Gasteiger partial charge is 0.382 e. The average molecular weight is 538 g/mol. The molecule has 5 heteroatoms. The highest BCUT2D eigenvalue weighted by molar-refractivity contribution is 5.93. The smallest absolute Gasteiger partial charge is 0.254 e. The second-order valence-corrected chi connectivity index (χ2v) is 12.7. The van der Waals surface area contributed by atoms with Gasteiger partial charge in [-0.25, -0.2) is 9.37 Å². The Morgan fingerprint density at radius 1 is 1.15 bits per heavy atom. The number of fused-ring (bicyclic) bond motifs is 5. The lowest BCUT2D eigenvalue weighted by Gasteiger charge is -2.33. The molecule has 0 spiro atoms. The van der Waals surface area contributed by atoms with Crippen molar-refractivity contribution < 1.29 is 4.39 Å². The van der Waals surface area contributed by atoms with Crippen molar-refractivity contribution >= 4 is 10.9 Å². The Hall–Kier alpha value is -3.21. The molecule has 4 nitrogen and oxygen atoms in total. The first kappa shape index (κ1) is 25.7. The Kier molecular flexibility index (Phi) is 6.07. The van der Waals surface area contributed by atoms with Crippen molar-refractivity contribution in [3.63, 3.8) is 0 Å². The number of allylic oxidation sites excluding steroid dienone is 2. The number of nitrogens with zero attached hydrogens (tertiary/aromatic N) is 2. The normalized spacial score (nSPS) is 21.6. The van der Waals surface area contributed by atoms with Crippen LogP contribution in [0.4, 0.5) is 4.39 Å². The Bertz CT molecular complexity index is 1660. The van der Waals surface area contributed by atoms with Gasteiger partial charge >= 0.3 is 0 Å². The molecule has 1 fully saturated rings. The Labute approximate surface area is 236 Å². The molecule has 3 heterocycles. The third-order valence-corrected chi connectivity index (χ3v) is 10.3. The van der Waals surface area contributed by atoms with Crippen LogP contribution in [0, 0.1) is 24.6 Å². The van der Waals surface area contributed by atoms with Crippen LogP contribution in [0.5, 0.6) is 0 Å². The van der Waals surface area contributed by atoms with Crippen molar-refractivity contribution in [2.75, 3.05) is 0 Å². The molecule has 3 aliphatic carbocycles. The van der Waals surface area contributed by atoms with Crippen LogP contribution in [-0.4, -0.2) is 9.55 Å². The summed E-state index contributed by atoms with van der Waals surface area (Å²) in [5, 5.41) is 4.97. The molecule has 1 saturated carbocycles. The van der Waals surface area contributed by atoms with Crippen molar-refractivity contribution in [3.05, 3.63) is 86.1 Å². The van der Waals surface area contributed by atoms with Gasteiger partial charge in [0.25, 0.3) is 5.56 Å². The molecule has 0 amide bonds. The van der Waals surface area contributed by atoms with Crippen molar-refractivity contribution in [2.45, 2.75) is 97.1 Å². The second kappa shape index (κ2) is 9.43. The standard InChI is InChI=1S/C35H40FN3O/c1-6-8-24(21-10-11-21)20(5)37-29-14-13-23-19(4)28(36)16-30-32(23)33(29)27-17-39-31(34(27)38-30)15-26-22(7-2)18(3)9-12-25(26)35(39)40/h15-16,21-22,24,29,37H,3,5-14,17H2,1-2,4H3. The lowest BCUT2D eigenvalue weighted by Crippen LogP contribution is -2.30. The summed E-state index contributed by atoms with van der Waals surface area (Å²) in [5.41, 5.74) is 11.0. The van der Waals surface area contributed by atoms with E-state index < -0.39 is 0 Å². The van der Waals surface area contributed by atoms with Crippen LogP contribution in [0.25, 0.3) is 22.3 Å². The molecule has 0 bridgehead atoms. The van der Waals surface area contributed by atoms with Crippen LogP contribution in [0.15, 0.2) is 41.4 Å². The Morgan fingerprint density at radius 2 is 1.95 bits per heavy atom. The van der Waals surface area contributed by atoms with Crippen molar-refractivity contribution in [1.82, 2.24) is 14.9 Å². The molecule has 1 aromatic carbocycles. The zero-order valence-corrected chi connectivity index (χ0v) is 24.1. The number of pyridine rings is 2. The molecule has 0 saturated heterocycles. The number of hydrogen-bond donors (Lipinski definition) is 1. The quantitative estimate of drug-likeness (QED) is 0.245. The van der Waals surface area contributed by atoms with Crippen LogP contribution < -0.4 is 10.9 Å². The summed E-state index contributed by atoms with van der Waals surface area (Å²) in [6, 6.07) is 3.88. The van der Waals surface area contributed by atoms with E-state index in [0.29, 0.717) is 18.0 Å². The molecule has 208 valence electrons. The number of rotatable bonds is 7. The fourth-order valence-corrected chi connectivity index (χ4v) is 8.09. The van der Waals surface area contributed by atoms with E-state index in [-0.39, 0.29) is 23.3 Å². The minimum atomic E-state index is -0.198. The van der Waals surface area contributed by atoms with Gasteiger partial charge in [-0.2, -0.15) is 0 Å². The van der Waals surface area contributed by atoms with E-state index in [9.17, 15) is 4.79 Å². The minimum Gasteiger partial charge on any atom is -0.382 e. The van der Waals surface area contributed by atoms with Crippen LogP contribution in [0.3, 0.4) is 0 Å². The van der Waals surface area contributed by atoms with Crippen LogP contribution >= 0.6 is 0 Å². The molecule has 1 aliphatic heterocycles. The molecule has 3 unspecified atom stereocenters. The van der Waals surface area contributed by atoms with Crippen LogP contribution in [0.1, 0.15) is 104 Å². The first-order valence-electron chi connectivity index (χ1n) is 15.4. The maximum absolute atomic E-state index is 15.2. The number of hydrogen-bond acceptors (Lipinski definition) is 3. The van der Waals surface area contributed by atoms with Gasteiger partial charge in [-0.15, -0.1) is 0 Å². The number of aryl methyl sites for hydroxylation is 1. The van der Waals surface area contributed by atoms with Gasteiger partial charge in [0.15, 0.2) is 0 Å². The summed E-state index contributed by atoms with van der Waals surface area (Å²) in [6.07, 6.45) is 9.13. The fourth-order valence-electron chi connectivity index (χ4n) is 8.09. The number of halogens is 1. The number of nitrogens with one attached hydrogen (secondary N) is 1. The molecule has 7 rings (SSSR count). The summed E-state index contributed by atoms with van der Waals surface area (Å²) in [6.45, 7) is 15.7. The van der Waals surface area contributed by atoms with E-state index in [1.165, 1.54) is 24.0 Å². The van der Waals surface area contributed by atoms with Gasteiger partial charge in [0.2, 0.25) is 0 Å². The Balaban J connectivity index is 1.41. The number of aromatic nitrogens is 2. The molecule has 0 radical (unpaired) electrons. The van der Waals surface area contributed by atoms with Gasteiger partial charge in [0.05, 0.1) is 29.5 Å². The van der Waals surface area contributed by atoms with E-state index in [2.05, 4.69) is 38.4 Å². The lowest BCUT2D eigenvalue weighted by molar-refractivity contribution is 0.425. The summed E-state index contributed by atoms with van der Waals surface area (Å²) in [7, 11) is 0. The molecule has 1 N–H and O–H groups in total. The average Bonchev–Trinajstić information content (AvgIpc) is 3.71. The minimum absolute atomic E-state index is 0.0741. The fraction of sp³-hybridized carbons (Fsp3) is 0.486. The summed E-state index contributed by atoms with van der Waals surface area (Å²) in [4.78, 5) is 19.0. The number of benzene rings is 1. The summed E-state index contributed by atoms with van der Waals surface area (Å²) in [5.74, 6) is 1.24. The molecular formula is C35H40FN3O. The highest BCUT2D eigenvalue weighted by Crippen LogP contribution is 2.48. The highest BCUT2D eigenvalue weighted by Gasteiger charge is 2.38. The van der Waals surface area contributed by atoms with Gasteiger partial charge in [-0.05, 0) is 92.5 Å². The molecule has 40 heavy (non-hydrogen) atoms. The molecule has 4 aliphatic rings. The molecule has 3 atom stereocenters. The highest BCUT2D eigenvalue weighted by atomic mass is 19.1. The zero-order chi connectivity index (χ0) is 27.9. The van der Waals surface area contributed by atoms with Gasteiger partial charge < -0.3 is 9.88 Å². The van der Waals surface area contributed by atoms with Gasteiger partial charge in [0.1, 0.15) is 5.82 Å². The molecular weight excluding hydrogens is 497 g/mol.